The van der Waals surface area contributed by atoms with Gasteiger partial charge in [0.15, 0.2) is 4.77 Å². The summed E-state index contributed by atoms with van der Waals surface area (Å²) in [5.74, 6) is 0.857. The normalized spacial score (nSPS) is 13.1. The number of fused-ring (bicyclic) bond motifs is 1. The van der Waals surface area contributed by atoms with Crippen molar-refractivity contribution in [3.63, 3.8) is 0 Å². The summed E-state index contributed by atoms with van der Waals surface area (Å²) in [5, 5.41) is 0. The number of methoxy groups -OCH3 is 1. The molecule has 0 saturated carbocycles. The van der Waals surface area contributed by atoms with Gasteiger partial charge in [0, 0.05) is 25.2 Å². The zero-order valence-corrected chi connectivity index (χ0v) is 13.5. The van der Waals surface area contributed by atoms with Crippen molar-refractivity contribution in [2.24, 2.45) is 0 Å². The van der Waals surface area contributed by atoms with Crippen molar-refractivity contribution in [2.45, 2.75) is 32.9 Å². The number of H-pyrrole nitrogens is 1. The summed E-state index contributed by atoms with van der Waals surface area (Å²) >= 11 is 5.43. The van der Waals surface area contributed by atoms with E-state index < -0.39 is 0 Å². The fourth-order valence-corrected chi connectivity index (χ4v) is 2.57. The summed E-state index contributed by atoms with van der Waals surface area (Å²) < 4.78 is 8.21. The van der Waals surface area contributed by atoms with E-state index in [1.165, 1.54) is 0 Å². The van der Waals surface area contributed by atoms with Crippen LogP contribution in [-0.4, -0.2) is 41.2 Å². The number of likely N-dealkylation sites (N-methyl/N-ethyl adjacent to an activating group) is 1. The van der Waals surface area contributed by atoms with Crippen LogP contribution in [0.25, 0.3) is 11.0 Å². The van der Waals surface area contributed by atoms with Crippen LogP contribution < -0.4 is 4.74 Å². The average Bonchev–Trinajstić information content (AvgIpc) is 2.78. The number of rotatable bonds is 6. The van der Waals surface area contributed by atoms with Crippen LogP contribution in [0.1, 0.15) is 20.3 Å². The predicted octanol–water partition coefficient (Wildman–Crippen LogP) is 3.44. The molecule has 2 rings (SSSR count). The number of hydrogen-bond acceptors (Lipinski definition) is 3. The molecule has 0 aliphatic heterocycles. The van der Waals surface area contributed by atoms with E-state index >= 15 is 0 Å². The largest absolute Gasteiger partial charge is 0.497 e. The summed E-state index contributed by atoms with van der Waals surface area (Å²) in [7, 11) is 3.84. The number of ether oxygens (including phenoxy) is 1. The molecule has 0 aliphatic rings. The number of aromatic amines is 1. The minimum Gasteiger partial charge on any atom is -0.497 e. The summed E-state index contributed by atoms with van der Waals surface area (Å²) in [6.45, 7) is 6.32. The van der Waals surface area contributed by atoms with Crippen molar-refractivity contribution in [2.75, 3.05) is 20.7 Å². The third-order valence-corrected chi connectivity index (χ3v) is 4.32. The van der Waals surface area contributed by atoms with Crippen LogP contribution >= 0.6 is 12.2 Å². The highest BCUT2D eigenvalue weighted by Crippen LogP contribution is 2.20. The average molecular weight is 293 g/mol. The number of imidazole rings is 1. The van der Waals surface area contributed by atoms with E-state index in [1.54, 1.807) is 7.11 Å². The molecule has 110 valence electrons. The summed E-state index contributed by atoms with van der Waals surface area (Å²) in [6.07, 6.45) is 1.16. The first-order valence-electron chi connectivity index (χ1n) is 7.03. The van der Waals surface area contributed by atoms with Gasteiger partial charge in [-0.3, -0.25) is 0 Å². The Labute approximate surface area is 125 Å². The second-order valence-electron chi connectivity index (χ2n) is 5.20. The Bertz CT molecular complexity index is 632. The van der Waals surface area contributed by atoms with Gasteiger partial charge in [0.25, 0.3) is 0 Å². The molecule has 0 fully saturated rings. The summed E-state index contributed by atoms with van der Waals surface area (Å²) in [5.41, 5.74) is 2.16. The molecule has 1 aromatic carbocycles. The Morgan fingerprint density at radius 2 is 2.20 bits per heavy atom. The van der Waals surface area contributed by atoms with E-state index in [4.69, 9.17) is 17.0 Å². The molecule has 2 aromatic rings. The molecule has 0 radical (unpaired) electrons. The zero-order chi connectivity index (χ0) is 14.7. The molecule has 20 heavy (non-hydrogen) atoms. The van der Waals surface area contributed by atoms with E-state index in [0.717, 1.165) is 41.1 Å². The van der Waals surface area contributed by atoms with Gasteiger partial charge in [0.05, 0.1) is 18.1 Å². The molecule has 4 nitrogen and oxygen atoms in total. The van der Waals surface area contributed by atoms with E-state index in [1.807, 2.05) is 18.2 Å². The van der Waals surface area contributed by atoms with E-state index in [9.17, 15) is 0 Å². The van der Waals surface area contributed by atoms with Gasteiger partial charge in [-0.15, -0.1) is 0 Å². The van der Waals surface area contributed by atoms with Gasteiger partial charge in [0.2, 0.25) is 0 Å². The Kier molecular flexibility index (Phi) is 4.83. The molecule has 0 spiro atoms. The molecule has 0 bridgehead atoms. The number of benzene rings is 1. The van der Waals surface area contributed by atoms with Crippen molar-refractivity contribution < 1.29 is 4.74 Å². The van der Waals surface area contributed by atoms with E-state index in [0.29, 0.717) is 6.04 Å². The van der Waals surface area contributed by atoms with Crippen molar-refractivity contribution in [1.82, 2.24) is 14.5 Å². The number of nitrogens with zero attached hydrogens (tertiary/aromatic N) is 2. The maximum Gasteiger partial charge on any atom is 0.178 e. The lowest BCUT2D eigenvalue weighted by atomic mass is 10.2. The van der Waals surface area contributed by atoms with Crippen LogP contribution in [0.2, 0.25) is 0 Å². The molecule has 1 unspecified atom stereocenters. The maximum absolute atomic E-state index is 5.43. The Balaban J connectivity index is 2.25. The molecule has 1 aromatic heterocycles. The quantitative estimate of drug-likeness (QED) is 0.828. The highest BCUT2D eigenvalue weighted by molar-refractivity contribution is 7.71. The van der Waals surface area contributed by atoms with Crippen molar-refractivity contribution in [3.8, 4) is 5.75 Å². The smallest absolute Gasteiger partial charge is 0.178 e. The number of hydrogen-bond donors (Lipinski definition) is 1. The first-order valence-corrected chi connectivity index (χ1v) is 7.44. The molecule has 5 heteroatoms. The predicted molar refractivity (Wildman–Crippen MR) is 86.1 cm³/mol. The Hall–Kier alpha value is -1.33. The second-order valence-corrected chi connectivity index (χ2v) is 5.59. The SMILES string of the molecule is CCC(C)N(C)CCn1c(=S)[nH]c2ccc(OC)cc21. The van der Waals surface area contributed by atoms with Crippen LogP contribution in [0.15, 0.2) is 18.2 Å². The van der Waals surface area contributed by atoms with Gasteiger partial charge in [0.1, 0.15) is 5.75 Å². The highest BCUT2D eigenvalue weighted by atomic mass is 32.1. The molecular weight excluding hydrogens is 270 g/mol. The molecule has 1 N–H and O–H groups in total. The Morgan fingerprint density at radius 3 is 2.85 bits per heavy atom. The first-order chi connectivity index (χ1) is 9.56. The highest BCUT2D eigenvalue weighted by Gasteiger charge is 2.09. The molecule has 0 saturated heterocycles. The van der Waals surface area contributed by atoms with Gasteiger partial charge < -0.3 is 19.2 Å². The molecule has 0 aliphatic carbocycles. The first kappa shape index (κ1) is 15.1. The van der Waals surface area contributed by atoms with Gasteiger partial charge in [-0.1, -0.05) is 6.92 Å². The van der Waals surface area contributed by atoms with Gasteiger partial charge in [-0.05, 0) is 44.7 Å². The maximum atomic E-state index is 5.43. The third kappa shape index (κ3) is 3.04. The standard InChI is InChI=1S/C15H23N3OS/c1-5-11(2)17(3)8-9-18-14-10-12(19-4)6-7-13(14)16-15(18)20/h6-7,10-11H,5,8-9H2,1-4H3,(H,16,20). The fourth-order valence-electron chi connectivity index (χ4n) is 2.27. The van der Waals surface area contributed by atoms with Crippen LogP contribution in [0, 0.1) is 4.77 Å². The van der Waals surface area contributed by atoms with Gasteiger partial charge in [-0.25, -0.2) is 0 Å². The summed E-state index contributed by atoms with van der Waals surface area (Å²) in [4.78, 5) is 5.61. The summed E-state index contributed by atoms with van der Waals surface area (Å²) in [6, 6.07) is 6.58. The third-order valence-electron chi connectivity index (χ3n) is 4.00. The van der Waals surface area contributed by atoms with Crippen LogP contribution in [-0.2, 0) is 6.54 Å². The monoisotopic (exact) mass is 293 g/mol. The molecule has 1 heterocycles. The minimum absolute atomic E-state index is 0.587. The van der Waals surface area contributed by atoms with Gasteiger partial charge in [-0.2, -0.15) is 0 Å². The van der Waals surface area contributed by atoms with Crippen LogP contribution in [0.3, 0.4) is 0 Å². The van der Waals surface area contributed by atoms with E-state index in [-0.39, 0.29) is 0 Å². The molecule has 0 amide bonds. The van der Waals surface area contributed by atoms with E-state index in [2.05, 4.69) is 35.3 Å². The van der Waals surface area contributed by atoms with Crippen LogP contribution in [0.4, 0.5) is 0 Å². The van der Waals surface area contributed by atoms with Crippen molar-refractivity contribution >= 4 is 23.3 Å². The lowest BCUT2D eigenvalue weighted by Crippen LogP contribution is -2.31. The zero-order valence-electron chi connectivity index (χ0n) is 12.6. The van der Waals surface area contributed by atoms with Gasteiger partial charge >= 0.3 is 0 Å². The number of aromatic nitrogens is 2. The Morgan fingerprint density at radius 1 is 1.45 bits per heavy atom. The lowest BCUT2D eigenvalue weighted by molar-refractivity contribution is 0.243. The van der Waals surface area contributed by atoms with Crippen molar-refractivity contribution in [1.29, 1.82) is 0 Å². The number of nitrogens with one attached hydrogen (secondary N) is 1. The fraction of sp³-hybridized carbons (Fsp3) is 0.533. The minimum atomic E-state index is 0.587. The molecule has 1 atom stereocenters. The second kappa shape index (κ2) is 6.41. The lowest BCUT2D eigenvalue weighted by Gasteiger charge is -2.23. The van der Waals surface area contributed by atoms with Crippen molar-refractivity contribution in [3.05, 3.63) is 23.0 Å². The topological polar surface area (TPSA) is 33.2 Å². The molecular formula is C15H23N3OS. The van der Waals surface area contributed by atoms with Crippen LogP contribution in [0.5, 0.6) is 5.75 Å².